The van der Waals surface area contributed by atoms with E-state index in [9.17, 15) is 0 Å². The molecule has 3 nitrogen and oxygen atoms in total. The molecule has 4 heteroatoms. The summed E-state index contributed by atoms with van der Waals surface area (Å²) in [7, 11) is -2.00. The maximum Gasteiger partial charge on any atom is 0.530 e. The van der Waals surface area contributed by atoms with Crippen molar-refractivity contribution in [2.45, 2.75) is 388 Å². The highest BCUT2D eigenvalue weighted by atomic mass is 31.2. The molecular weight excluding hydrogens is 1020 g/mol. The van der Waals surface area contributed by atoms with Crippen molar-refractivity contribution in [1.82, 2.24) is 0 Å². The Morgan fingerprint density at radius 2 is 0.427 bits per heavy atom. The van der Waals surface area contributed by atoms with E-state index in [-0.39, 0.29) is 32.5 Å². The summed E-state index contributed by atoms with van der Waals surface area (Å²) in [6, 6.07) is 21.7. The summed E-state index contributed by atoms with van der Waals surface area (Å²) in [5.74, 6) is 2.71. The molecular formula is C78H135O3P. The zero-order valence-electron chi connectivity index (χ0n) is 57.8. The van der Waals surface area contributed by atoms with Gasteiger partial charge in [-0.2, -0.15) is 0 Å². The van der Waals surface area contributed by atoms with Crippen LogP contribution in [0.1, 0.15) is 389 Å². The van der Waals surface area contributed by atoms with E-state index >= 15 is 0 Å². The second kappa shape index (κ2) is 37.9. The molecule has 3 aromatic rings. The maximum absolute atomic E-state index is 7.65. The van der Waals surface area contributed by atoms with Gasteiger partial charge in [-0.15, -0.1) is 0 Å². The Morgan fingerprint density at radius 3 is 0.659 bits per heavy atom. The van der Waals surface area contributed by atoms with Gasteiger partial charge in [0.1, 0.15) is 17.2 Å². The van der Waals surface area contributed by atoms with E-state index in [1.54, 1.807) is 0 Å². The van der Waals surface area contributed by atoms with Gasteiger partial charge in [-0.3, -0.25) is 0 Å². The molecule has 0 atom stereocenters. The highest BCUT2D eigenvalue weighted by Gasteiger charge is 2.36. The average Bonchev–Trinajstić information content (AvgIpc) is 3.63. The lowest BCUT2D eigenvalue weighted by molar-refractivity contribution is 0.357. The average molecular weight is 1150 g/mol. The molecule has 0 saturated carbocycles. The summed E-state index contributed by atoms with van der Waals surface area (Å²) in [4.78, 5) is 0. The van der Waals surface area contributed by atoms with Crippen molar-refractivity contribution in [2.24, 2.45) is 0 Å². The Bertz CT molecular complexity index is 1920. The van der Waals surface area contributed by atoms with Crippen molar-refractivity contribution in [3.05, 3.63) is 88.0 Å². The number of hydrogen-bond acceptors (Lipinski definition) is 3. The zero-order chi connectivity index (χ0) is 60.7. The van der Waals surface area contributed by atoms with Crippen LogP contribution in [0.3, 0.4) is 0 Å². The largest absolute Gasteiger partial charge is 0.530 e. The summed E-state index contributed by atoms with van der Waals surface area (Å²) in [5.41, 5.74) is 7.81. The van der Waals surface area contributed by atoms with E-state index in [4.69, 9.17) is 13.6 Å². The first-order valence-corrected chi connectivity index (χ1v) is 36.3. The highest BCUT2D eigenvalue weighted by molar-refractivity contribution is 7.43. The summed E-state index contributed by atoms with van der Waals surface area (Å²) >= 11 is 0. The molecule has 0 aliphatic heterocycles. The van der Waals surface area contributed by atoms with Gasteiger partial charge in [0.05, 0.1) is 0 Å². The van der Waals surface area contributed by atoms with E-state index in [1.165, 1.54) is 245 Å². The predicted octanol–water partition coefficient (Wildman–Crippen LogP) is 27.3. The van der Waals surface area contributed by atoms with E-state index in [2.05, 4.69) is 179 Å². The van der Waals surface area contributed by atoms with Gasteiger partial charge < -0.3 is 13.6 Å². The molecule has 0 spiro atoms. The first-order chi connectivity index (χ1) is 38.9. The topological polar surface area (TPSA) is 27.7 Å². The third kappa shape index (κ3) is 25.8. The van der Waals surface area contributed by atoms with E-state index < -0.39 is 8.60 Å². The van der Waals surface area contributed by atoms with Crippen molar-refractivity contribution in [1.29, 1.82) is 0 Å². The number of unbranched alkanes of at least 4 members (excludes halogenated alkanes) is 24. The van der Waals surface area contributed by atoms with Gasteiger partial charge in [0.2, 0.25) is 0 Å². The Morgan fingerprint density at radius 1 is 0.244 bits per heavy atom. The molecule has 0 unspecified atom stereocenters. The van der Waals surface area contributed by atoms with Crippen molar-refractivity contribution >= 4 is 8.60 Å². The minimum Gasteiger partial charge on any atom is -0.408 e. The van der Waals surface area contributed by atoms with Gasteiger partial charge >= 0.3 is 8.60 Å². The molecule has 0 heterocycles. The van der Waals surface area contributed by atoms with E-state index in [0.29, 0.717) is 0 Å². The standard InChI is InChI=1S/C78H135O3P/c1-19-25-31-34-37-40-46-58-76(13,14)67-61-64(73(7,8)55-43-28-22-4)49-52-70(67)79-82(80-71-53-50-65(74(9,10)56-44-29-23-5)62-68(71)77(15,16)59-47-41-38-35-32-26-20-2)81-72-54-51-66(75(11,12)57-45-30-24-6)63-69(72)78(17,18)60-48-42-39-36-33-27-21-3/h49-54,61-63H,19-48,55-60H2,1-18H3. The van der Waals surface area contributed by atoms with Crippen LogP contribution in [0.25, 0.3) is 0 Å². The van der Waals surface area contributed by atoms with Crippen molar-refractivity contribution in [3.8, 4) is 17.2 Å². The third-order valence-corrected chi connectivity index (χ3v) is 20.5. The molecule has 0 saturated heterocycles. The second-order valence-corrected chi connectivity index (χ2v) is 30.9. The van der Waals surface area contributed by atoms with Gasteiger partial charge in [0.15, 0.2) is 0 Å². The summed E-state index contributed by atoms with van der Waals surface area (Å²) in [5, 5.41) is 0. The number of rotatable bonds is 48. The molecule has 0 aliphatic carbocycles. The number of hydrogen-bond donors (Lipinski definition) is 0. The lowest BCUT2D eigenvalue weighted by Gasteiger charge is -2.34. The quantitative estimate of drug-likeness (QED) is 0.0417. The molecule has 82 heavy (non-hydrogen) atoms. The van der Waals surface area contributed by atoms with Gasteiger partial charge in [-0.05, 0) is 106 Å². The number of benzene rings is 3. The van der Waals surface area contributed by atoms with Crippen LogP contribution in [0.5, 0.6) is 17.2 Å². The monoisotopic (exact) mass is 1150 g/mol. The molecule has 470 valence electrons. The van der Waals surface area contributed by atoms with Crippen LogP contribution in [-0.4, -0.2) is 0 Å². The lowest BCUT2D eigenvalue weighted by Crippen LogP contribution is -2.24. The fourth-order valence-electron chi connectivity index (χ4n) is 12.8. The van der Waals surface area contributed by atoms with E-state index in [0.717, 1.165) is 36.5 Å². The second-order valence-electron chi connectivity index (χ2n) is 29.9. The Hall–Kier alpha value is -2.51. The normalized spacial score (nSPS) is 12.9. The smallest absolute Gasteiger partial charge is 0.408 e. The van der Waals surface area contributed by atoms with Crippen LogP contribution in [0.15, 0.2) is 54.6 Å². The molecule has 0 fully saturated rings. The Labute approximate surface area is 513 Å². The molecule has 0 amide bonds. The fourth-order valence-corrected chi connectivity index (χ4v) is 13.9. The van der Waals surface area contributed by atoms with Crippen LogP contribution in [0.4, 0.5) is 0 Å². The minimum absolute atomic E-state index is 0.0413. The van der Waals surface area contributed by atoms with Crippen molar-refractivity contribution in [2.75, 3.05) is 0 Å². The Balaban J connectivity index is 2.37. The molecule has 3 rings (SSSR count). The summed E-state index contributed by atoms with van der Waals surface area (Å²) in [6.07, 6.45) is 45.4. The van der Waals surface area contributed by atoms with Gasteiger partial charge in [-0.1, -0.05) is 354 Å². The molecule has 0 radical (unpaired) electrons. The molecule has 0 N–H and O–H groups in total. The van der Waals surface area contributed by atoms with Gasteiger partial charge in [0, 0.05) is 16.7 Å². The highest BCUT2D eigenvalue weighted by Crippen LogP contribution is 2.52. The van der Waals surface area contributed by atoms with Crippen molar-refractivity contribution < 1.29 is 13.6 Å². The van der Waals surface area contributed by atoms with Gasteiger partial charge in [0.25, 0.3) is 0 Å². The maximum atomic E-state index is 7.65. The third-order valence-electron chi connectivity index (χ3n) is 19.4. The van der Waals surface area contributed by atoms with Crippen LogP contribution < -0.4 is 13.6 Å². The predicted molar refractivity (Wildman–Crippen MR) is 367 cm³/mol. The van der Waals surface area contributed by atoms with E-state index in [1.807, 2.05) is 0 Å². The Kier molecular flexibility index (Phi) is 34.1. The molecule has 0 aromatic heterocycles. The van der Waals surface area contributed by atoms with Crippen LogP contribution in [0, 0.1) is 0 Å². The fraction of sp³-hybridized carbons (Fsp3) is 0.769. The first kappa shape index (κ1) is 73.7. The molecule has 0 bridgehead atoms. The van der Waals surface area contributed by atoms with Gasteiger partial charge in [-0.25, -0.2) is 0 Å². The van der Waals surface area contributed by atoms with Crippen LogP contribution in [0.2, 0.25) is 0 Å². The summed E-state index contributed by atoms with van der Waals surface area (Å²) in [6.45, 7) is 43.5. The lowest BCUT2D eigenvalue weighted by atomic mass is 9.74. The van der Waals surface area contributed by atoms with Crippen LogP contribution in [-0.2, 0) is 32.5 Å². The first-order valence-electron chi connectivity index (χ1n) is 35.2. The van der Waals surface area contributed by atoms with Crippen LogP contribution >= 0.6 is 8.60 Å². The SMILES string of the molecule is CCCCCCCCCC(C)(C)c1cc(C(C)(C)CCCCC)ccc1OP(Oc1ccc(C(C)(C)CCCCC)cc1C(C)(C)CCCCCCCCC)Oc1ccc(C(C)(C)CCCCC)cc1C(C)(C)CCCCCCCCC. The molecule has 3 aromatic carbocycles. The van der Waals surface area contributed by atoms with Crippen molar-refractivity contribution in [3.63, 3.8) is 0 Å². The minimum atomic E-state index is -2.00. The molecule has 0 aliphatic rings. The summed E-state index contributed by atoms with van der Waals surface area (Å²) < 4.78 is 23.0. The zero-order valence-corrected chi connectivity index (χ0v) is 58.7.